The monoisotopic (exact) mass is 283 g/mol. The number of alkyl halides is 1. The molecule has 2 atom stereocenters. The number of benzene rings is 1. The van der Waals surface area contributed by atoms with Crippen molar-refractivity contribution in [3.05, 3.63) is 24.3 Å². The first kappa shape index (κ1) is 15.1. The molecule has 0 saturated carbocycles. The molecular formula is C15H22FNO3. The van der Waals surface area contributed by atoms with Gasteiger partial charge in [0.25, 0.3) is 0 Å². The van der Waals surface area contributed by atoms with Crippen molar-refractivity contribution in [2.24, 2.45) is 0 Å². The largest absolute Gasteiger partial charge is 0.494 e. The first-order valence-corrected chi connectivity index (χ1v) is 7.09. The molecule has 0 aromatic heterocycles. The van der Waals surface area contributed by atoms with Gasteiger partial charge in [-0.15, -0.1) is 0 Å². The van der Waals surface area contributed by atoms with Crippen LogP contribution in [0.3, 0.4) is 0 Å². The van der Waals surface area contributed by atoms with Gasteiger partial charge in [0.1, 0.15) is 24.3 Å². The fourth-order valence-corrected chi connectivity index (χ4v) is 2.15. The Hall–Kier alpha value is -1.33. The second-order valence-electron chi connectivity index (χ2n) is 5.01. The van der Waals surface area contributed by atoms with Crippen molar-refractivity contribution >= 4 is 0 Å². The van der Waals surface area contributed by atoms with E-state index in [0.717, 1.165) is 17.9 Å². The highest BCUT2D eigenvalue weighted by Crippen LogP contribution is 2.18. The summed E-state index contributed by atoms with van der Waals surface area (Å²) in [5.41, 5.74) is 0. The van der Waals surface area contributed by atoms with Crippen LogP contribution in [0.25, 0.3) is 0 Å². The Labute approximate surface area is 119 Å². The summed E-state index contributed by atoms with van der Waals surface area (Å²) in [4.78, 5) is 1.87. The minimum absolute atomic E-state index is 0.286. The Morgan fingerprint density at radius 1 is 1.15 bits per heavy atom. The first-order valence-electron chi connectivity index (χ1n) is 7.09. The molecule has 2 rings (SSSR count). The van der Waals surface area contributed by atoms with Gasteiger partial charge >= 0.3 is 0 Å². The molecule has 4 nitrogen and oxygen atoms in total. The number of ether oxygens (including phenoxy) is 2. The van der Waals surface area contributed by atoms with E-state index in [0.29, 0.717) is 26.3 Å². The molecule has 1 heterocycles. The summed E-state index contributed by atoms with van der Waals surface area (Å²) >= 11 is 0. The molecule has 20 heavy (non-hydrogen) atoms. The third-order valence-electron chi connectivity index (χ3n) is 3.27. The number of β-amino-alcohol motifs (C(OH)–C–C–N with tert-alkyl or cyclic N) is 1. The number of likely N-dealkylation sites (tertiary alicyclic amines) is 1. The second kappa shape index (κ2) is 7.45. The Kier molecular flexibility index (Phi) is 5.61. The van der Waals surface area contributed by atoms with Gasteiger partial charge in [0.15, 0.2) is 0 Å². The second-order valence-corrected chi connectivity index (χ2v) is 5.01. The van der Waals surface area contributed by atoms with Crippen LogP contribution in [0, 0.1) is 0 Å². The summed E-state index contributed by atoms with van der Waals surface area (Å²) in [5.74, 6) is 1.60. The molecule has 1 saturated heterocycles. The molecule has 0 amide bonds. The number of nitrogens with zero attached hydrogens (tertiary/aromatic N) is 1. The van der Waals surface area contributed by atoms with E-state index in [2.05, 4.69) is 6.92 Å². The summed E-state index contributed by atoms with van der Waals surface area (Å²) in [6.07, 6.45) is -1.01. The predicted octanol–water partition coefficient (Wildman–Crippen LogP) is 1.87. The van der Waals surface area contributed by atoms with Crippen molar-refractivity contribution < 1.29 is 19.0 Å². The molecule has 0 bridgehead atoms. The molecule has 0 unspecified atom stereocenters. The van der Waals surface area contributed by atoms with Crippen molar-refractivity contribution in [3.8, 4) is 11.5 Å². The maximum absolute atomic E-state index is 13.1. The lowest BCUT2D eigenvalue weighted by Crippen LogP contribution is -2.27. The van der Waals surface area contributed by atoms with Gasteiger partial charge in [-0.3, -0.25) is 4.90 Å². The Bertz CT molecular complexity index is 389. The van der Waals surface area contributed by atoms with Gasteiger partial charge in [0, 0.05) is 19.6 Å². The zero-order valence-corrected chi connectivity index (χ0v) is 11.8. The molecule has 0 aliphatic carbocycles. The fraction of sp³-hybridized carbons (Fsp3) is 0.600. The number of halogens is 1. The predicted molar refractivity (Wildman–Crippen MR) is 75.1 cm³/mol. The van der Waals surface area contributed by atoms with E-state index in [9.17, 15) is 9.50 Å². The van der Waals surface area contributed by atoms with E-state index < -0.39 is 12.3 Å². The van der Waals surface area contributed by atoms with Gasteiger partial charge in [-0.1, -0.05) is 6.92 Å². The summed E-state index contributed by atoms with van der Waals surface area (Å²) in [6, 6.07) is 7.48. The molecule has 112 valence electrons. The minimum atomic E-state index is -1.13. The zero-order valence-electron chi connectivity index (χ0n) is 11.8. The van der Waals surface area contributed by atoms with Gasteiger partial charge in [-0.05, 0) is 30.7 Å². The van der Waals surface area contributed by atoms with Gasteiger partial charge < -0.3 is 14.6 Å². The first-order chi connectivity index (χ1) is 9.69. The summed E-state index contributed by atoms with van der Waals surface area (Å²) in [5, 5.41) is 9.31. The highest BCUT2D eigenvalue weighted by Gasteiger charge is 2.30. The maximum atomic E-state index is 13.1. The molecule has 1 aliphatic rings. The normalized spacial score (nSPS) is 22.9. The number of rotatable bonds is 7. The lowest BCUT2D eigenvalue weighted by molar-refractivity contribution is 0.115. The van der Waals surface area contributed by atoms with Crippen LogP contribution in [0.5, 0.6) is 11.5 Å². The highest BCUT2D eigenvalue weighted by molar-refractivity contribution is 5.31. The highest BCUT2D eigenvalue weighted by atomic mass is 19.1. The number of hydrogen-bond acceptors (Lipinski definition) is 4. The number of aliphatic hydroxyl groups is 1. The van der Waals surface area contributed by atoms with Crippen molar-refractivity contribution in [2.45, 2.75) is 25.6 Å². The molecular weight excluding hydrogens is 261 g/mol. The number of hydrogen-bond donors (Lipinski definition) is 1. The molecule has 1 fully saturated rings. The Morgan fingerprint density at radius 3 is 2.25 bits per heavy atom. The maximum Gasteiger partial charge on any atom is 0.140 e. The van der Waals surface area contributed by atoms with Crippen molar-refractivity contribution in [1.82, 2.24) is 4.90 Å². The van der Waals surface area contributed by atoms with E-state index in [-0.39, 0.29) is 6.54 Å². The van der Waals surface area contributed by atoms with Gasteiger partial charge in [-0.2, -0.15) is 0 Å². The van der Waals surface area contributed by atoms with Crippen molar-refractivity contribution in [2.75, 3.05) is 32.8 Å². The standard InChI is InChI=1S/C15H22FNO3/c1-2-8-19-12-3-5-13(6-4-12)20-9-7-17-10-14(16)15(18)11-17/h3-6,14-15,18H,2,7-11H2,1H3/t14-,15-/m1/s1. The van der Waals surface area contributed by atoms with E-state index in [4.69, 9.17) is 9.47 Å². The summed E-state index contributed by atoms with van der Waals surface area (Å²) in [6.45, 7) is 4.54. The average molecular weight is 283 g/mol. The van der Waals surface area contributed by atoms with Gasteiger partial charge in [-0.25, -0.2) is 4.39 Å². The third-order valence-corrected chi connectivity index (χ3v) is 3.27. The van der Waals surface area contributed by atoms with E-state index >= 15 is 0 Å². The molecule has 1 N–H and O–H groups in total. The van der Waals surface area contributed by atoms with Crippen LogP contribution >= 0.6 is 0 Å². The quantitative estimate of drug-likeness (QED) is 0.829. The fourth-order valence-electron chi connectivity index (χ4n) is 2.15. The third kappa shape index (κ3) is 4.35. The number of aliphatic hydroxyl groups excluding tert-OH is 1. The molecule has 1 aliphatic heterocycles. The van der Waals surface area contributed by atoms with Gasteiger partial charge in [0.05, 0.1) is 12.7 Å². The van der Waals surface area contributed by atoms with Crippen LogP contribution < -0.4 is 9.47 Å². The SMILES string of the molecule is CCCOc1ccc(OCCN2C[C@@H](O)[C@H](F)C2)cc1. The molecule has 5 heteroatoms. The average Bonchev–Trinajstić information content (AvgIpc) is 2.77. The summed E-state index contributed by atoms with van der Waals surface area (Å²) in [7, 11) is 0. The van der Waals surface area contributed by atoms with E-state index in [1.807, 2.05) is 29.2 Å². The van der Waals surface area contributed by atoms with E-state index in [1.165, 1.54) is 0 Å². The van der Waals surface area contributed by atoms with Crippen LogP contribution in [-0.2, 0) is 0 Å². The van der Waals surface area contributed by atoms with Crippen LogP contribution in [0.4, 0.5) is 4.39 Å². The molecule has 0 radical (unpaired) electrons. The lowest BCUT2D eigenvalue weighted by Gasteiger charge is -2.15. The van der Waals surface area contributed by atoms with Gasteiger partial charge in [0.2, 0.25) is 0 Å². The molecule has 0 spiro atoms. The summed E-state index contributed by atoms with van der Waals surface area (Å²) < 4.78 is 24.2. The van der Waals surface area contributed by atoms with Crippen LogP contribution in [0.1, 0.15) is 13.3 Å². The minimum Gasteiger partial charge on any atom is -0.494 e. The van der Waals surface area contributed by atoms with Crippen molar-refractivity contribution in [1.29, 1.82) is 0 Å². The topological polar surface area (TPSA) is 41.9 Å². The molecule has 1 aromatic rings. The smallest absolute Gasteiger partial charge is 0.140 e. The van der Waals surface area contributed by atoms with E-state index in [1.54, 1.807) is 0 Å². The lowest BCUT2D eigenvalue weighted by atomic mass is 10.3. The van der Waals surface area contributed by atoms with Crippen LogP contribution in [0.15, 0.2) is 24.3 Å². The zero-order chi connectivity index (χ0) is 14.4. The van der Waals surface area contributed by atoms with Crippen LogP contribution in [-0.4, -0.2) is 55.1 Å². The molecule has 1 aromatic carbocycles. The van der Waals surface area contributed by atoms with Crippen LogP contribution in [0.2, 0.25) is 0 Å². The Balaban J connectivity index is 1.69. The van der Waals surface area contributed by atoms with Crippen molar-refractivity contribution in [3.63, 3.8) is 0 Å². The Morgan fingerprint density at radius 2 is 1.75 bits per heavy atom.